The normalized spacial score (nSPS) is 16.4. The van der Waals surface area contributed by atoms with E-state index in [1.165, 1.54) is 25.1 Å². The van der Waals surface area contributed by atoms with Crippen molar-refractivity contribution in [1.82, 2.24) is 16.0 Å². The summed E-state index contributed by atoms with van der Waals surface area (Å²) in [6.45, 7) is 1.56. The summed E-state index contributed by atoms with van der Waals surface area (Å²) >= 11 is 0. The first-order chi connectivity index (χ1) is 13.7. The number of carbonyl (C=O) groups is 3. The van der Waals surface area contributed by atoms with Gasteiger partial charge in [-0.1, -0.05) is 6.07 Å². The molecule has 1 aliphatic rings. The summed E-state index contributed by atoms with van der Waals surface area (Å²) in [5, 5.41) is 7.51. The lowest BCUT2D eigenvalue weighted by atomic mass is 9.95. The van der Waals surface area contributed by atoms with E-state index >= 15 is 0 Å². The van der Waals surface area contributed by atoms with Crippen LogP contribution in [0.1, 0.15) is 29.7 Å². The summed E-state index contributed by atoms with van der Waals surface area (Å²) in [6.07, 6.45) is -0.321. The molecule has 29 heavy (non-hydrogen) atoms. The Morgan fingerprint density at radius 3 is 2.48 bits per heavy atom. The van der Waals surface area contributed by atoms with E-state index < -0.39 is 47.3 Å². The fraction of sp³-hybridized carbons (Fsp3) is 0.250. The summed E-state index contributed by atoms with van der Waals surface area (Å²) in [5.41, 5.74) is 1.13. The number of benzene rings is 2. The highest BCUT2D eigenvalue weighted by Gasteiger charge is 2.30. The molecule has 0 saturated heterocycles. The number of nitrogens with one attached hydrogen (secondary N) is 3. The van der Waals surface area contributed by atoms with E-state index in [2.05, 4.69) is 16.0 Å². The first-order valence-electron chi connectivity index (χ1n) is 8.83. The van der Waals surface area contributed by atoms with Gasteiger partial charge in [-0.25, -0.2) is 13.2 Å². The van der Waals surface area contributed by atoms with E-state index in [4.69, 9.17) is 0 Å². The van der Waals surface area contributed by atoms with E-state index in [1.54, 1.807) is 0 Å². The van der Waals surface area contributed by atoms with Crippen LogP contribution in [-0.4, -0.2) is 23.8 Å². The van der Waals surface area contributed by atoms with Crippen molar-refractivity contribution in [2.75, 3.05) is 0 Å². The van der Waals surface area contributed by atoms with E-state index in [9.17, 15) is 27.6 Å². The maximum atomic E-state index is 13.4. The number of carbonyl (C=O) groups excluding carboxylic acids is 3. The first-order valence-corrected chi connectivity index (χ1v) is 8.83. The Kier molecular flexibility index (Phi) is 5.86. The molecule has 0 radical (unpaired) electrons. The van der Waals surface area contributed by atoms with Gasteiger partial charge in [0.05, 0.1) is 6.42 Å². The molecule has 9 heteroatoms. The van der Waals surface area contributed by atoms with Crippen LogP contribution in [0.5, 0.6) is 0 Å². The highest BCUT2D eigenvalue weighted by atomic mass is 19.1. The Labute approximate surface area is 164 Å². The lowest BCUT2D eigenvalue weighted by Gasteiger charge is -2.27. The van der Waals surface area contributed by atoms with Crippen molar-refractivity contribution in [1.29, 1.82) is 0 Å². The van der Waals surface area contributed by atoms with Gasteiger partial charge in [0.25, 0.3) is 0 Å². The number of amides is 3. The molecule has 0 saturated carbocycles. The quantitative estimate of drug-likeness (QED) is 0.707. The summed E-state index contributed by atoms with van der Waals surface area (Å²) in [7, 11) is 0. The van der Waals surface area contributed by atoms with Gasteiger partial charge in [-0.2, -0.15) is 0 Å². The van der Waals surface area contributed by atoms with Gasteiger partial charge >= 0.3 is 0 Å². The van der Waals surface area contributed by atoms with Crippen LogP contribution in [0.4, 0.5) is 13.2 Å². The number of hydrogen-bond acceptors (Lipinski definition) is 3. The third-order valence-corrected chi connectivity index (χ3v) is 4.48. The molecule has 0 aliphatic carbocycles. The van der Waals surface area contributed by atoms with Gasteiger partial charge in [0.2, 0.25) is 17.7 Å². The zero-order chi connectivity index (χ0) is 21.1. The smallest absolute Gasteiger partial charge is 0.247 e. The fourth-order valence-corrected chi connectivity index (χ4v) is 3.10. The molecule has 6 nitrogen and oxygen atoms in total. The second-order valence-corrected chi connectivity index (χ2v) is 6.75. The predicted octanol–water partition coefficient (Wildman–Crippen LogP) is 1.64. The zero-order valence-electron chi connectivity index (χ0n) is 15.4. The topological polar surface area (TPSA) is 87.3 Å². The zero-order valence-corrected chi connectivity index (χ0v) is 15.4. The van der Waals surface area contributed by atoms with E-state index in [0.29, 0.717) is 17.2 Å². The molecule has 0 spiro atoms. The molecule has 2 aromatic carbocycles. The third-order valence-electron chi connectivity index (χ3n) is 4.48. The molecule has 3 N–H and O–H groups in total. The highest BCUT2D eigenvalue weighted by molar-refractivity contribution is 5.93. The van der Waals surface area contributed by atoms with Crippen molar-refractivity contribution in [2.45, 2.75) is 32.0 Å². The Balaban J connectivity index is 1.63. The van der Waals surface area contributed by atoms with Crippen LogP contribution in [-0.2, 0) is 27.3 Å². The van der Waals surface area contributed by atoms with Crippen molar-refractivity contribution in [3.63, 3.8) is 0 Å². The molecule has 1 heterocycles. The van der Waals surface area contributed by atoms with E-state index in [0.717, 1.165) is 12.1 Å². The number of halogens is 3. The van der Waals surface area contributed by atoms with Gasteiger partial charge in [0, 0.05) is 12.6 Å². The number of hydrogen-bond donors (Lipinski definition) is 3. The number of rotatable bonds is 5. The van der Waals surface area contributed by atoms with Gasteiger partial charge in [-0.05, 0) is 47.9 Å². The maximum Gasteiger partial charge on any atom is 0.247 e. The maximum absolute atomic E-state index is 13.4. The summed E-state index contributed by atoms with van der Waals surface area (Å²) in [6, 6.07) is 4.60. The van der Waals surface area contributed by atoms with E-state index in [1.807, 2.05) is 0 Å². The van der Waals surface area contributed by atoms with Crippen LogP contribution >= 0.6 is 0 Å². The highest BCUT2D eigenvalue weighted by Crippen LogP contribution is 2.23. The summed E-state index contributed by atoms with van der Waals surface area (Å²) < 4.78 is 39.8. The second-order valence-electron chi connectivity index (χ2n) is 6.75. The molecule has 0 aromatic heterocycles. The lowest BCUT2D eigenvalue weighted by molar-refractivity contribution is -0.132. The van der Waals surface area contributed by atoms with Crippen molar-refractivity contribution >= 4 is 17.7 Å². The summed E-state index contributed by atoms with van der Waals surface area (Å²) in [5.74, 6) is -3.78. The minimum Gasteiger partial charge on any atom is -0.350 e. The number of fused-ring (bicyclic) bond motifs is 1. The van der Waals surface area contributed by atoms with Crippen LogP contribution in [0.2, 0.25) is 0 Å². The van der Waals surface area contributed by atoms with Gasteiger partial charge in [0.15, 0.2) is 0 Å². The molecule has 3 rings (SSSR count). The van der Waals surface area contributed by atoms with Gasteiger partial charge in [-0.15, -0.1) is 0 Å². The first kappa shape index (κ1) is 20.4. The van der Waals surface area contributed by atoms with Crippen molar-refractivity contribution in [3.05, 3.63) is 70.5 Å². The fourth-order valence-electron chi connectivity index (χ4n) is 3.10. The molecular formula is C20H18F3N3O3. The Hall–Kier alpha value is -3.36. The summed E-state index contributed by atoms with van der Waals surface area (Å²) in [4.78, 5) is 36.7. The standard InChI is InChI=1S/C20H18F3N3O3/c1-10(25-17(27)6-11-4-14(22)8-15(23)5-11)19(28)26-18-16-3-2-13(21)7-12(16)9-24-20(18)29/h2-5,7-8,10,18H,6,9H2,1H3,(H,24,29)(H,25,27)(H,26,28). The SMILES string of the molecule is CC(NC(=O)Cc1cc(F)cc(F)c1)C(=O)NC1C(=O)NCc2cc(F)ccc21. The molecule has 2 unspecified atom stereocenters. The molecule has 2 atom stereocenters. The lowest BCUT2D eigenvalue weighted by Crippen LogP contribution is -2.50. The van der Waals surface area contributed by atoms with Crippen molar-refractivity contribution in [3.8, 4) is 0 Å². The van der Waals surface area contributed by atoms with E-state index in [-0.39, 0.29) is 18.5 Å². The minimum atomic E-state index is -1.02. The van der Waals surface area contributed by atoms with Crippen LogP contribution < -0.4 is 16.0 Å². The third kappa shape index (κ3) is 4.92. The average molecular weight is 405 g/mol. The Morgan fingerprint density at radius 2 is 1.79 bits per heavy atom. The molecule has 0 bridgehead atoms. The molecular weight excluding hydrogens is 387 g/mol. The van der Waals surface area contributed by atoms with Crippen molar-refractivity contribution < 1.29 is 27.6 Å². The van der Waals surface area contributed by atoms with Crippen LogP contribution in [0.25, 0.3) is 0 Å². The average Bonchev–Trinajstić information content (AvgIpc) is 2.62. The Bertz CT molecular complexity index is 960. The predicted molar refractivity (Wildman–Crippen MR) is 96.8 cm³/mol. The van der Waals surface area contributed by atoms with Gasteiger partial charge < -0.3 is 16.0 Å². The molecule has 0 fully saturated rings. The van der Waals surface area contributed by atoms with Crippen LogP contribution in [0.15, 0.2) is 36.4 Å². The van der Waals surface area contributed by atoms with Gasteiger partial charge in [-0.3, -0.25) is 14.4 Å². The Morgan fingerprint density at radius 1 is 1.10 bits per heavy atom. The van der Waals surface area contributed by atoms with Crippen LogP contribution in [0.3, 0.4) is 0 Å². The molecule has 2 aromatic rings. The van der Waals surface area contributed by atoms with Crippen LogP contribution in [0, 0.1) is 17.5 Å². The molecule has 3 amide bonds. The molecule has 152 valence electrons. The largest absolute Gasteiger partial charge is 0.350 e. The van der Waals surface area contributed by atoms with Gasteiger partial charge in [0.1, 0.15) is 29.5 Å². The second kappa shape index (κ2) is 8.34. The van der Waals surface area contributed by atoms with Crippen molar-refractivity contribution in [2.24, 2.45) is 0 Å². The minimum absolute atomic E-state index is 0.121. The monoisotopic (exact) mass is 405 g/mol. The molecule has 1 aliphatic heterocycles.